The van der Waals surface area contributed by atoms with Gasteiger partial charge in [-0.1, -0.05) is 48.6 Å². The predicted molar refractivity (Wildman–Crippen MR) is 95.0 cm³/mol. The largest absolute Gasteiger partial charge is 0.622 e. The zero-order chi connectivity index (χ0) is 15.6. The first kappa shape index (κ1) is 16.3. The average Bonchev–Trinajstić information content (AvgIpc) is 2.62. The Hall–Kier alpha value is -1.07. The highest BCUT2D eigenvalue weighted by Gasteiger charge is 2.49. The third-order valence-corrected chi connectivity index (χ3v) is 5.19. The standard InChI is InChI=1S/C16H22N2OS2/c1-5-10-17-14(16(3,4)21-15(17)20)18(19)11-13-8-6-12(2)7-9-13/h6-9,11,14H,5,10H2,1-4H3/b18-11-. The quantitative estimate of drug-likeness (QED) is 0.277. The SMILES string of the molecule is CCCN1C(=S)SC(C)(C)C1/[N+]([O-])=C/c1ccc(C)cc1. The van der Waals surface area contributed by atoms with Crippen molar-refractivity contribution in [2.45, 2.75) is 45.0 Å². The molecule has 21 heavy (non-hydrogen) atoms. The number of thiocarbonyl (C=S) groups is 1. The molecule has 1 unspecified atom stereocenters. The number of nitrogens with zero attached hydrogens (tertiary/aromatic N) is 2. The Labute approximate surface area is 136 Å². The molecule has 0 spiro atoms. The van der Waals surface area contributed by atoms with Gasteiger partial charge >= 0.3 is 0 Å². The van der Waals surface area contributed by atoms with Crippen molar-refractivity contribution in [3.05, 3.63) is 40.6 Å². The van der Waals surface area contributed by atoms with Gasteiger partial charge in [0, 0.05) is 12.1 Å². The lowest BCUT2D eigenvalue weighted by atomic mass is 10.1. The van der Waals surface area contributed by atoms with E-state index in [0.717, 1.165) is 27.6 Å². The first-order valence-electron chi connectivity index (χ1n) is 7.22. The van der Waals surface area contributed by atoms with E-state index >= 15 is 0 Å². The Morgan fingerprint density at radius 3 is 2.57 bits per heavy atom. The van der Waals surface area contributed by atoms with Crippen LogP contribution in [0.3, 0.4) is 0 Å². The summed E-state index contributed by atoms with van der Waals surface area (Å²) in [6.07, 6.45) is 2.39. The van der Waals surface area contributed by atoms with Gasteiger partial charge < -0.3 is 5.21 Å². The number of rotatable bonds is 4. The third-order valence-electron chi connectivity index (χ3n) is 3.56. The molecule has 3 nitrogen and oxygen atoms in total. The van der Waals surface area contributed by atoms with Gasteiger partial charge in [-0.2, -0.15) is 4.74 Å². The van der Waals surface area contributed by atoms with E-state index in [-0.39, 0.29) is 10.9 Å². The molecule has 0 aromatic heterocycles. The monoisotopic (exact) mass is 322 g/mol. The van der Waals surface area contributed by atoms with E-state index in [0.29, 0.717) is 0 Å². The molecule has 1 aliphatic rings. The highest BCUT2D eigenvalue weighted by molar-refractivity contribution is 8.24. The molecule has 1 aliphatic heterocycles. The number of hydrogen-bond acceptors (Lipinski definition) is 3. The molecular weight excluding hydrogens is 300 g/mol. The van der Waals surface area contributed by atoms with Gasteiger partial charge in [-0.15, -0.1) is 0 Å². The Morgan fingerprint density at radius 1 is 1.38 bits per heavy atom. The first-order valence-corrected chi connectivity index (χ1v) is 8.44. The summed E-state index contributed by atoms with van der Waals surface area (Å²) in [6, 6.07) is 7.97. The lowest BCUT2D eigenvalue weighted by Gasteiger charge is -2.29. The summed E-state index contributed by atoms with van der Waals surface area (Å²) >= 11 is 7.06. The summed E-state index contributed by atoms with van der Waals surface area (Å²) in [5, 5.41) is 12.7. The summed E-state index contributed by atoms with van der Waals surface area (Å²) < 4.78 is 1.67. The summed E-state index contributed by atoms with van der Waals surface area (Å²) in [5.41, 5.74) is 2.11. The average molecular weight is 322 g/mol. The third kappa shape index (κ3) is 3.58. The fourth-order valence-corrected chi connectivity index (χ4v) is 4.51. The van der Waals surface area contributed by atoms with Crippen molar-refractivity contribution in [3.8, 4) is 0 Å². The Balaban J connectivity index is 2.31. The summed E-state index contributed by atoms with van der Waals surface area (Å²) in [6.45, 7) is 9.13. The van der Waals surface area contributed by atoms with Crippen LogP contribution in [0.15, 0.2) is 24.3 Å². The molecule has 114 valence electrons. The molecule has 0 radical (unpaired) electrons. The number of thioether (sulfide) groups is 1. The second kappa shape index (κ2) is 6.36. The predicted octanol–water partition coefficient (Wildman–Crippen LogP) is 3.77. The van der Waals surface area contributed by atoms with E-state index < -0.39 is 0 Å². The van der Waals surface area contributed by atoms with Crippen molar-refractivity contribution < 1.29 is 4.74 Å². The maximum Gasteiger partial charge on any atom is 0.254 e. The van der Waals surface area contributed by atoms with Crippen LogP contribution in [0.1, 0.15) is 38.3 Å². The maximum atomic E-state index is 12.7. The van der Waals surface area contributed by atoms with Crippen molar-refractivity contribution >= 4 is 34.5 Å². The number of hydroxylamine groups is 1. The molecule has 0 bridgehead atoms. The van der Waals surface area contributed by atoms with Gasteiger partial charge in [-0.05, 0) is 39.3 Å². The maximum absolute atomic E-state index is 12.7. The molecule has 1 fully saturated rings. The molecule has 0 saturated carbocycles. The van der Waals surface area contributed by atoms with Crippen LogP contribution in [0.25, 0.3) is 0 Å². The summed E-state index contributed by atoms with van der Waals surface area (Å²) in [4.78, 5) is 2.05. The fourth-order valence-electron chi connectivity index (χ4n) is 2.58. The number of hydrogen-bond donors (Lipinski definition) is 0. The van der Waals surface area contributed by atoms with Crippen molar-refractivity contribution in [1.82, 2.24) is 4.90 Å². The zero-order valence-electron chi connectivity index (χ0n) is 13.0. The topological polar surface area (TPSA) is 29.3 Å². The molecule has 5 heteroatoms. The molecule has 0 N–H and O–H groups in total. The highest BCUT2D eigenvalue weighted by atomic mass is 32.2. The minimum absolute atomic E-state index is 0.213. The van der Waals surface area contributed by atoms with Crippen molar-refractivity contribution in [1.29, 1.82) is 0 Å². The van der Waals surface area contributed by atoms with Crippen LogP contribution < -0.4 is 0 Å². The number of aryl methyl sites for hydroxylation is 1. The zero-order valence-corrected chi connectivity index (χ0v) is 14.6. The molecule has 0 amide bonds. The van der Waals surface area contributed by atoms with Gasteiger partial charge in [0.05, 0.1) is 0 Å². The molecule has 1 aromatic carbocycles. The highest BCUT2D eigenvalue weighted by Crippen LogP contribution is 2.41. The second-order valence-electron chi connectivity index (χ2n) is 5.94. The van der Waals surface area contributed by atoms with Crippen LogP contribution in [0.4, 0.5) is 0 Å². The van der Waals surface area contributed by atoms with Crippen molar-refractivity contribution in [3.63, 3.8) is 0 Å². The van der Waals surface area contributed by atoms with Gasteiger partial charge in [-0.25, -0.2) is 0 Å². The minimum Gasteiger partial charge on any atom is -0.622 e. The Morgan fingerprint density at radius 2 is 2.00 bits per heavy atom. The second-order valence-corrected chi connectivity index (χ2v) is 8.23. The molecular formula is C16H22N2OS2. The van der Waals surface area contributed by atoms with Gasteiger partial charge in [0.2, 0.25) is 0 Å². The van der Waals surface area contributed by atoms with Gasteiger partial charge in [0.1, 0.15) is 9.07 Å². The van der Waals surface area contributed by atoms with Gasteiger partial charge in [-0.3, -0.25) is 4.90 Å². The van der Waals surface area contributed by atoms with Crippen molar-refractivity contribution in [2.24, 2.45) is 0 Å². The summed E-state index contributed by atoms with van der Waals surface area (Å²) in [7, 11) is 0. The lowest BCUT2D eigenvalue weighted by molar-refractivity contribution is -0.523. The van der Waals surface area contributed by atoms with E-state index in [4.69, 9.17) is 12.2 Å². The van der Waals surface area contributed by atoms with E-state index in [2.05, 4.69) is 25.7 Å². The minimum atomic E-state index is -0.253. The molecule has 2 rings (SSSR count). The van der Waals surface area contributed by atoms with Crippen LogP contribution in [0, 0.1) is 12.1 Å². The van der Waals surface area contributed by atoms with E-state index in [1.54, 1.807) is 18.0 Å². The normalized spacial score (nSPS) is 21.9. The Kier molecular flexibility index (Phi) is 4.94. The van der Waals surface area contributed by atoms with Crippen LogP contribution in [-0.4, -0.2) is 37.6 Å². The van der Waals surface area contributed by atoms with E-state index in [9.17, 15) is 5.21 Å². The van der Waals surface area contributed by atoms with Crippen LogP contribution in [-0.2, 0) is 0 Å². The van der Waals surface area contributed by atoms with Gasteiger partial charge in [0.15, 0.2) is 6.21 Å². The lowest BCUT2D eigenvalue weighted by Crippen LogP contribution is -2.48. The fraction of sp³-hybridized carbons (Fsp3) is 0.500. The van der Waals surface area contributed by atoms with Crippen molar-refractivity contribution in [2.75, 3.05) is 6.54 Å². The Bertz CT molecular complexity index is 552. The van der Waals surface area contributed by atoms with Crippen LogP contribution in [0.5, 0.6) is 0 Å². The molecule has 0 aliphatic carbocycles. The first-order chi connectivity index (χ1) is 9.85. The molecule has 1 heterocycles. The molecule has 1 saturated heterocycles. The van der Waals surface area contributed by atoms with E-state index in [1.807, 2.05) is 31.2 Å². The van der Waals surface area contributed by atoms with Crippen LogP contribution in [0.2, 0.25) is 0 Å². The van der Waals surface area contributed by atoms with Gasteiger partial charge in [0.25, 0.3) is 6.17 Å². The molecule has 1 atom stereocenters. The number of benzene rings is 1. The summed E-state index contributed by atoms with van der Waals surface area (Å²) in [5.74, 6) is 0. The smallest absolute Gasteiger partial charge is 0.254 e. The van der Waals surface area contributed by atoms with E-state index in [1.165, 1.54) is 5.56 Å². The van der Waals surface area contributed by atoms with Crippen LogP contribution >= 0.6 is 24.0 Å². The molecule has 1 aromatic rings.